The zero-order valence-electron chi connectivity index (χ0n) is 11.6. The maximum Gasteiger partial charge on any atom is 0.573 e. The number of anilines is 1. The Bertz CT molecular complexity index is 460. The summed E-state index contributed by atoms with van der Waals surface area (Å²) in [5, 5.41) is 3.38. The first-order valence-electron chi connectivity index (χ1n) is 6.62. The molecule has 1 N–H and O–H groups in total. The predicted octanol–water partition coefficient (Wildman–Crippen LogP) is 3.16. The van der Waals surface area contributed by atoms with Crippen LogP contribution in [0.3, 0.4) is 0 Å². The maximum atomic E-state index is 12.5. The summed E-state index contributed by atoms with van der Waals surface area (Å²) >= 11 is 0. The molecule has 1 aliphatic rings. The summed E-state index contributed by atoms with van der Waals surface area (Å²) in [7, 11) is 0. The van der Waals surface area contributed by atoms with Gasteiger partial charge in [0.2, 0.25) is 0 Å². The van der Waals surface area contributed by atoms with Gasteiger partial charge in [0.25, 0.3) is 0 Å². The minimum atomic E-state index is -4.67. The fourth-order valence-corrected chi connectivity index (χ4v) is 2.44. The summed E-state index contributed by atoms with van der Waals surface area (Å²) in [6, 6.07) is 6.30. The van der Waals surface area contributed by atoms with Gasteiger partial charge in [0.05, 0.1) is 5.69 Å². The molecule has 1 fully saturated rings. The summed E-state index contributed by atoms with van der Waals surface area (Å²) in [5.41, 5.74) is 0.337. The SMILES string of the molecule is CC1(C)CN(c2ccccc2OC(F)(F)F)CCCN1. The monoisotopic (exact) mass is 288 g/mol. The van der Waals surface area contributed by atoms with Crippen LogP contribution in [0.1, 0.15) is 20.3 Å². The molecule has 2 rings (SSSR count). The minimum absolute atomic E-state index is 0.141. The van der Waals surface area contributed by atoms with Gasteiger partial charge in [-0.15, -0.1) is 13.2 Å². The molecule has 0 spiro atoms. The lowest BCUT2D eigenvalue weighted by atomic mass is 10.1. The molecular weight excluding hydrogens is 269 g/mol. The van der Waals surface area contributed by atoms with Gasteiger partial charge in [-0.1, -0.05) is 12.1 Å². The summed E-state index contributed by atoms with van der Waals surface area (Å²) in [5.74, 6) is -0.141. The third-order valence-corrected chi connectivity index (χ3v) is 3.23. The maximum absolute atomic E-state index is 12.5. The van der Waals surface area contributed by atoms with Crippen molar-refractivity contribution >= 4 is 5.69 Å². The van der Waals surface area contributed by atoms with Crippen molar-refractivity contribution in [3.8, 4) is 5.75 Å². The highest BCUT2D eigenvalue weighted by Crippen LogP contribution is 2.33. The molecule has 20 heavy (non-hydrogen) atoms. The van der Waals surface area contributed by atoms with Gasteiger partial charge in [0.1, 0.15) is 0 Å². The second-order valence-corrected chi connectivity index (χ2v) is 5.60. The third kappa shape index (κ3) is 4.03. The number of hydrogen-bond acceptors (Lipinski definition) is 3. The molecule has 1 aliphatic heterocycles. The largest absolute Gasteiger partial charge is 0.573 e. The smallest absolute Gasteiger partial charge is 0.404 e. The van der Waals surface area contributed by atoms with Gasteiger partial charge in [0.15, 0.2) is 5.75 Å². The van der Waals surface area contributed by atoms with E-state index in [-0.39, 0.29) is 11.3 Å². The summed E-state index contributed by atoms with van der Waals surface area (Å²) < 4.78 is 41.5. The number of halogens is 3. The van der Waals surface area contributed by atoms with Gasteiger partial charge < -0.3 is 15.0 Å². The van der Waals surface area contributed by atoms with Crippen LogP contribution in [0.5, 0.6) is 5.75 Å². The van der Waals surface area contributed by atoms with Gasteiger partial charge >= 0.3 is 6.36 Å². The molecule has 1 aromatic carbocycles. The first kappa shape index (κ1) is 15.0. The van der Waals surface area contributed by atoms with Crippen molar-refractivity contribution in [2.24, 2.45) is 0 Å². The Balaban J connectivity index is 2.27. The first-order chi connectivity index (χ1) is 9.27. The molecular formula is C14H19F3N2O. The standard InChI is InChI=1S/C14H19F3N2O/c1-13(2)10-19(9-5-8-18-13)11-6-3-4-7-12(11)20-14(15,16)17/h3-4,6-7,18H,5,8-10H2,1-2H3. The summed E-state index contributed by atoms with van der Waals surface area (Å²) in [4.78, 5) is 1.95. The number of nitrogens with one attached hydrogen (secondary N) is 1. The van der Waals surface area contributed by atoms with Crippen molar-refractivity contribution in [3.63, 3.8) is 0 Å². The van der Waals surface area contributed by atoms with Crippen LogP contribution >= 0.6 is 0 Å². The van der Waals surface area contributed by atoms with Crippen LogP contribution in [-0.2, 0) is 0 Å². The zero-order chi connectivity index (χ0) is 14.8. The summed E-state index contributed by atoms with van der Waals surface area (Å²) in [6.45, 7) is 6.27. The van der Waals surface area contributed by atoms with E-state index in [0.717, 1.165) is 13.0 Å². The molecule has 0 radical (unpaired) electrons. The highest BCUT2D eigenvalue weighted by molar-refractivity contribution is 5.59. The summed E-state index contributed by atoms with van der Waals surface area (Å²) in [6.07, 6.45) is -3.79. The van der Waals surface area contributed by atoms with Crippen LogP contribution in [0.25, 0.3) is 0 Å². The van der Waals surface area contributed by atoms with Crippen LogP contribution in [-0.4, -0.2) is 31.5 Å². The number of rotatable bonds is 2. The topological polar surface area (TPSA) is 24.5 Å². The molecule has 0 aromatic heterocycles. The predicted molar refractivity (Wildman–Crippen MR) is 72.0 cm³/mol. The van der Waals surface area contributed by atoms with Gasteiger partial charge in [0, 0.05) is 18.6 Å². The number of nitrogens with zero attached hydrogens (tertiary/aromatic N) is 1. The van der Waals surface area contributed by atoms with Gasteiger partial charge in [-0.05, 0) is 38.9 Å². The molecule has 0 aliphatic carbocycles. The van der Waals surface area contributed by atoms with Gasteiger partial charge in [-0.25, -0.2) is 0 Å². The lowest BCUT2D eigenvalue weighted by molar-refractivity contribution is -0.274. The quantitative estimate of drug-likeness (QED) is 0.904. The lowest BCUT2D eigenvalue weighted by Gasteiger charge is -2.32. The average molecular weight is 288 g/mol. The minimum Gasteiger partial charge on any atom is -0.404 e. The number of ether oxygens (including phenoxy) is 1. The lowest BCUT2D eigenvalue weighted by Crippen LogP contribution is -2.46. The first-order valence-corrected chi connectivity index (χ1v) is 6.62. The second kappa shape index (κ2) is 5.52. The number of benzene rings is 1. The van der Waals surface area contributed by atoms with E-state index in [1.165, 1.54) is 6.07 Å². The molecule has 112 valence electrons. The number of para-hydroxylation sites is 2. The Kier molecular flexibility index (Phi) is 4.13. The van der Waals surface area contributed by atoms with Crippen LogP contribution in [0, 0.1) is 0 Å². The molecule has 0 saturated carbocycles. The Morgan fingerprint density at radius 3 is 2.65 bits per heavy atom. The van der Waals surface area contributed by atoms with E-state index in [4.69, 9.17) is 0 Å². The number of hydrogen-bond donors (Lipinski definition) is 1. The van der Waals surface area contributed by atoms with Gasteiger partial charge in [-0.3, -0.25) is 0 Å². The highest BCUT2D eigenvalue weighted by atomic mass is 19.4. The fraction of sp³-hybridized carbons (Fsp3) is 0.571. The molecule has 0 unspecified atom stereocenters. The van der Waals surface area contributed by atoms with E-state index in [1.54, 1.807) is 18.2 Å². The molecule has 1 aromatic rings. The molecule has 0 atom stereocenters. The van der Waals surface area contributed by atoms with E-state index in [9.17, 15) is 13.2 Å². The average Bonchev–Trinajstić information content (AvgIpc) is 2.49. The Hall–Kier alpha value is -1.43. The van der Waals surface area contributed by atoms with Crippen molar-refractivity contribution in [1.82, 2.24) is 5.32 Å². The van der Waals surface area contributed by atoms with E-state index in [0.29, 0.717) is 18.8 Å². The fourth-order valence-electron chi connectivity index (χ4n) is 2.44. The Labute approximate surface area is 116 Å². The molecule has 3 nitrogen and oxygen atoms in total. The third-order valence-electron chi connectivity index (χ3n) is 3.23. The highest BCUT2D eigenvalue weighted by Gasteiger charge is 2.33. The van der Waals surface area contributed by atoms with E-state index < -0.39 is 6.36 Å². The van der Waals surface area contributed by atoms with Crippen molar-refractivity contribution < 1.29 is 17.9 Å². The normalized spacial score (nSPS) is 19.6. The van der Waals surface area contributed by atoms with Crippen LogP contribution in [0.15, 0.2) is 24.3 Å². The number of alkyl halides is 3. The van der Waals surface area contributed by atoms with Crippen molar-refractivity contribution in [2.45, 2.75) is 32.2 Å². The van der Waals surface area contributed by atoms with Crippen LogP contribution < -0.4 is 15.0 Å². The molecule has 1 saturated heterocycles. The van der Waals surface area contributed by atoms with Crippen LogP contribution in [0.2, 0.25) is 0 Å². The van der Waals surface area contributed by atoms with Crippen LogP contribution in [0.4, 0.5) is 18.9 Å². The molecule has 0 bridgehead atoms. The molecule has 1 heterocycles. The van der Waals surface area contributed by atoms with E-state index >= 15 is 0 Å². The zero-order valence-corrected chi connectivity index (χ0v) is 11.6. The second-order valence-electron chi connectivity index (χ2n) is 5.60. The van der Waals surface area contributed by atoms with Crippen molar-refractivity contribution in [2.75, 3.05) is 24.5 Å². The Morgan fingerprint density at radius 2 is 1.95 bits per heavy atom. The van der Waals surface area contributed by atoms with Gasteiger partial charge in [-0.2, -0.15) is 0 Å². The Morgan fingerprint density at radius 1 is 1.25 bits per heavy atom. The van der Waals surface area contributed by atoms with Crippen molar-refractivity contribution in [1.29, 1.82) is 0 Å². The van der Waals surface area contributed by atoms with E-state index in [1.807, 2.05) is 18.7 Å². The van der Waals surface area contributed by atoms with E-state index in [2.05, 4.69) is 10.1 Å². The van der Waals surface area contributed by atoms with Crippen molar-refractivity contribution in [3.05, 3.63) is 24.3 Å². The molecule has 6 heteroatoms. The molecule has 0 amide bonds.